The number of aromatic amines is 1. The first-order chi connectivity index (χ1) is 11.5. The van der Waals surface area contributed by atoms with Crippen LogP contribution in [0.1, 0.15) is 32.5 Å². The first-order valence-electron chi connectivity index (χ1n) is 7.90. The number of fused-ring (bicyclic) bond motifs is 1. The van der Waals surface area contributed by atoms with E-state index in [9.17, 15) is 14.4 Å². The average Bonchev–Trinajstić information content (AvgIpc) is 2.92. The average molecular weight is 338 g/mol. The standard InChI is InChI=1S/C15H22N4O5/c1-4-6-7-19-13-12(14(21)17-15(19)22)18(5-2)10(16-13)8-24-11(20)9-23-3/h4-9H2,1-3H3,(H,17,21,22). The maximum Gasteiger partial charge on any atom is 0.332 e. The normalized spacial score (nSPS) is 11.1. The Kier molecular flexibility index (Phi) is 5.91. The van der Waals surface area contributed by atoms with Crippen LogP contribution in [0.5, 0.6) is 0 Å². The number of hydrogen-bond acceptors (Lipinski definition) is 6. The van der Waals surface area contributed by atoms with Crippen LogP contribution in [0.4, 0.5) is 0 Å². The molecule has 132 valence electrons. The molecular weight excluding hydrogens is 316 g/mol. The number of rotatable bonds is 8. The highest BCUT2D eigenvalue weighted by Gasteiger charge is 2.18. The van der Waals surface area contributed by atoms with Crippen LogP contribution in [0, 0.1) is 0 Å². The zero-order valence-corrected chi connectivity index (χ0v) is 14.1. The molecule has 0 aliphatic carbocycles. The van der Waals surface area contributed by atoms with E-state index in [1.807, 2.05) is 13.8 Å². The van der Waals surface area contributed by atoms with E-state index in [2.05, 4.69) is 9.97 Å². The quantitative estimate of drug-likeness (QED) is 0.698. The van der Waals surface area contributed by atoms with Crippen LogP contribution in [-0.4, -0.2) is 38.8 Å². The van der Waals surface area contributed by atoms with Gasteiger partial charge < -0.3 is 14.0 Å². The Bertz CT molecular complexity index is 833. The van der Waals surface area contributed by atoms with Crippen molar-refractivity contribution in [2.75, 3.05) is 13.7 Å². The third-order valence-electron chi connectivity index (χ3n) is 3.64. The van der Waals surface area contributed by atoms with Crippen LogP contribution in [0.15, 0.2) is 9.59 Å². The van der Waals surface area contributed by atoms with E-state index < -0.39 is 17.2 Å². The fourth-order valence-electron chi connectivity index (χ4n) is 2.50. The third kappa shape index (κ3) is 3.56. The summed E-state index contributed by atoms with van der Waals surface area (Å²) in [5.41, 5.74) is -0.348. The number of aromatic nitrogens is 4. The Balaban J connectivity index is 2.49. The highest BCUT2D eigenvalue weighted by atomic mass is 16.6. The predicted octanol–water partition coefficient (Wildman–Crippen LogP) is 0.396. The molecule has 0 bridgehead atoms. The van der Waals surface area contributed by atoms with Crippen LogP contribution >= 0.6 is 0 Å². The van der Waals surface area contributed by atoms with Crippen LogP contribution in [0.25, 0.3) is 11.2 Å². The maximum atomic E-state index is 12.2. The van der Waals surface area contributed by atoms with E-state index in [0.29, 0.717) is 30.1 Å². The molecule has 24 heavy (non-hydrogen) atoms. The Morgan fingerprint density at radius 3 is 2.62 bits per heavy atom. The summed E-state index contributed by atoms with van der Waals surface area (Å²) in [4.78, 5) is 42.4. The fourth-order valence-corrected chi connectivity index (χ4v) is 2.50. The van der Waals surface area contributed by atoms with Gasteiger partial charge in [0.05, 0.1) is 0 Å². The molecular formula is C15H22N4O5. The molecule has 0 fully saturated rings. The van der Waals surface area contributed by atoms with E-state index in [-0.39, 0.29) is 13.2 Å². The monoisotopic (exact) mass is 338 g/mol. The third-order valence-corrected chi connectivity index (χ3v) is 3.64. The number of H-pyrrole nitrogens is 1. The second-order valence-corrected chi connectivity index (χ2v) is 5.30. The molecule has 0 atom stereocenters. The van der Waals surface area contributed by atoms with Crippen molar-refractivity contribution in [2.45, 2.75) is 46.4 Å². The number of methoxy groups -OCH3 is 1. The lowest BCUT2D eigenvalue weighted by Gasteiger charge is -2.07. The van der Waals surface area contributed by atoms with Gasteiger partial charge in [-0.15, -0.1) is 0 Å². The van der Waals surface area contributed by atoms with Gasteiger partial charge >= 0.3 is 11.7 Å². The van der Waals surface area contributed by atoms with Gasteiger partial charge in [0.2, 0.25) is 0 Å². The number of esters is 1. The van der Waals surface area contributed by atoms with Gasteiger partial charge in [-0.1, -0.05) is 13.3 Å². The molecule has 0 saturated heterocycles. The molecule has 9 heteroatoms. The summed E-state index contributed by atoms with van der Waals surface area (Å²) in [5, 5.41) is 0. The minimum absolute atomic E-state index is 0.0911. The second kappa shape index (κ2) is 7.91. The molecule has 2 aromatic rings. The number of aryl methyl sites for hydroxylation is 2. The summed E-state index contributed by atoms with van der Waals surface area (Å²) in [6.45, 7) is 4.54. The lowest BCUT2D eigenvalue weighted by molar-refractivity contribution is -0.149. The lowest BCUT2D eigenvalue weighted by Crippen LogP contribution is -2.31. The molecule has 0 aromatic carbocycles. The van der Waals surface area contributed by atoms with Crippen molar-refractivity contribution < 1.29 is 14.3 Å². The molecule has 0 radical (unpaired) electrons. The van der Waals surface area contributed by atoms with Gasteiger partial charge in [-0.3, -0.25) is 14.3 Å². The van der Waals surface area contributed by atoms with E-state index in [1.54, 1.807) is 4.57 Å². The van der Waals surface area contributed by atoms with Gasteiger partial charge in [0.15, 0.2) is 11.2 Å². The Labute approximate surface area is 138 Å². The van der Waals surface area contributed by atoms with Gasteiger partial charge in [-0.05, 0) is 13.3 Å². The molecule has 0 aliphatic rings. The molecule has 0 spiro atoms. The highest BCUT2D eigenvalue weighted by molar-refractivity contribution is 5.72. The van der Waals surface area contributed by atoms with Crippen molar-refractivity contribution in [1.29, 1.82) is 0 Å². The number of imidazole rings is 1. The Morgan fingerprint density at radius 2 is 2.00 bits per heavy atom. The number of ether oxygens (including phenoxy) is 2. The largest absolute Gasteiger partial charge is 0.456 e. The Hall–Kier alpha value is -2.42. The first-order valence-corrected chi connectivity index (χ1v) is 7.90. The Morgan fingerprint density at radius 1 is 1.25 bits per heavy atom. The van der Waals surface area contributed by atoms with Crippen molar-refractivity contribution in [3.63, 3.8) is 0 Å². The fraction of sp³-hybridized carbons (Fsp3) is 0.600. The number of carbonyl (C=O) groups excluding carboxylic acids is 1. The van der Waals surface area contributed by atoms with Gasteiger partial charge in [-0.25, -0.2) is 14.6 Å². The number of nitrogens with one attached hydrogen (secondary N) is 1. The highest BCUT2D eigenvalue weighted by Crippen LogP contribution is 2.13. The predicted molar refractivity (Wildman–Crippen MR) is 86.9 cm³/mol. The maximum absolute atomic E-state index is 12.2. The van der Waals surface area contributed by atoms with E-state index in [1.165, 1.54) is 11.7 Å². The summed E-state index contributed by atoms with van der Waals surface area (Å²) < 4.78 is 12.9. The minimum atomic E-state index is -0.524. The number of carbonyl (C=O) groups is 1. The molecule has 2 rings (SSSR count). The first kappa shape index (κ1) is 17.9. The zero-order chi connectivity index (χ0) is 17.7. The molecule has 0 unspecified atom stereocenters. The lowest BCUT2D eigenvalue weighted by atomic mass is 10.3. The van der Waals surface area contributed by atoms with Crippen LogP contribution < -0.4 is 11.2 Å². The van der Waals surface area contributed by atoms with Crippen LogP contribution in [-0.2, 0) is 34.0 Å². The van der Waals surface area contributed by atoms with Gasteiger partial charge in [0.1, 0.15) is 19.0 Å². The summed E-state index contributed by atoms with van der Waals surface area (Å²) in [7, 11) is 1.40. The molecule has 2 heterocycles. The van der Waals surface area contributed by atoms with Crippen molar-refractivity contribution in [3.8, 4) is 0 Å². The van der Waals surface area contributed by atoms with Gasteiger partial charge in [0.25, 0.3) is 5.56 Å². The van der Waals surface area contributed by atoms with Gasteiger partial charge in [-0.2, -0.15) is 0 Å². The van der Waals surface area contributed by atoms with Crippen molar-refractivity contribution in [1.82, 2.24) is 19.1 Å². The number of unbranched alkanes of at least 4 members (excludes halogenated alkanes) is 1. The van der Waals surface area contributed by atoms with Crippen LogP contribution in [0.2, 0.25) is 0 Å². The molecule has 0 saturated carbocycles. The topological polar surface area (TPSA) is 108 Å². The zero-order valence-electron chi connectivity index (χ0n) is 14.1. The number of nitrogens with zero attached hydrogens (tertiary/aromatic N) is 3. The summed E-state index contributed by atoms with van der Waals surface area (Å²) in [6.07, 6.45) is 1.70. The summed E-state index contributed by atoms with van der Waals surface area (Å²) >= 11 is 0. The number of hydrogen-bond donors (Lipinski definition) is 1. The SMILES string of the molecule is CCCCn1c(=O)[nH]c(=O)c2c1nc(COC(=O)COC)n2CC. The summed E-state index contributed by atoms with van der Waals surface area (Å²) in [6, 6.07) is 0. The molecule has 0 aliphatic heterocycles. The molecule has 0 amide bonds. The van der Waals surface area contributed by atoms with Crippen LogP contribution in [0.3, 0.4) is 0 Å². The van der Waals surface area contributed by atoms with E-state index >= 15 is 0 Å². The van der Waals surface area contributed by atoms with Crippen molar-refractivity contribution >= 4 is 17.1 Å². The molecule has 9 nitrogen and oxygen atoms in total. The smallest absolute Gasteiger partial charge is 0.332 e. The van der Waals surface area contributed by atoms with E-state index in [4.69, 9.17) is 9.47 Å². The van der Waals surface area contributed by atoms with Crippen molar-refractivity contribution in [3.05, 3.63) is 26.7 Å². The van der Waals surface area contributed by atoms with E-state index in [0.717, 1.165) is 12.8 Å². The minimum Gasteiger partial charge on any atom is -0.456 e. The second-order valence-electron chi connectivity index (χ2n) is 5.30. The molecule has 2 aromatic heterocycles. The summed E-state index contributed by atoms with van der Waals surface area (Å²) in [5.74, 6) is -0.109. The molecule has 1 N–H and O–H groups in total. The van der Waals surface area contributed by atoms with Gasteiger partial charge in [0, 0.05) is 20.2 Å². The van der Waals surface area contributed by atoms with Crippen molar-refractivity contribution in [2.24, 2.45) is 0 Å².